The Morgan fingerprint density at radius 1 is 0.889 bits per heavy atom. The number of aliphatic hydroxyl groups is 4. The Hall–Kier alpha value is -3.23. The molecule has 0 amide bonds. The van der Waals surface area contributed by atoms with E-state index >= 15 is 0 Å². The topological polar surface area (TPSA) is 116 Å². The molecule has 200 valence electrons. The van der Waals surface area contributed by atoms with Gasteiger partial charge in [0.25, 0.3) is 0 Å². The number of hydrogen-bond acceptors (Lipinski definition) is 7. The minimum atomic E-state index is -0.750. The zero-order valence-electron chi connectivity index (χ0n) is 21.4. The molecule has 7 heteroatoms. The van der Waals surface area contributed by atoms with Gasteiger partial charge in [0.05, 0.1) is 19.8 Å². The van der Waals surface area contributed by atoms with Crippen molar-refractivity contribution in [1.82, 2.24) is 0 Å². The average molecular weight is 503 g/mol. The van der Waals surface area contributed by atoms with E-state index in [1.807, 2.05) is 37.1 Å². The maximum atomic E-state index is 9.09. The Morgan fingerprint density at radius 3 is 2.11 bits per heavy atom. The highest BCUT2D eigenvalue weighted by Crippen LogP contribution is 2.31. The lowest BCUT2D eigenvalue weighted by Gasteiger charge is -2.14. The van der Waals surface area contributed by atoms with Gasteiger partial charge in [-0.3, -0.25) is 0 Å². The molecule has 0 heterocycles. The van der Waals surface area contributed by atoms with Crippen molar-refractivity contribution in [3.05, 3.63) is 85.5 Å². The second-order valence-corrected chi connectivity index (χ2v) is 7.10. The molecule has 0 saturated carbocycles. The SMILES string of the molecule is C=CCCCc1ccc(OCCC(=C)CO)cc1-c1cccc(OCCC=C)c1.C=O.CO.OCO. The molecule has 2 aromatic rings. The lowest BCUT2D eigenvalue weighted by Crippen LogP contribution is -2.01. The van der Waals surface area contributed by atoms with Crippen molar-refractivity contribution >= 4 is 6.79 Å². The van der Waals surface area contributed by atoms with Crippen molar-refractivity contribution in [3.8, 4) is 22.6 Å². The van der Waals surface area contributed by atoms with Crippen molar-refractivity contribution in [2.24, 2.45) is 0 Å². The van der Waals surface area contributed by atoms with Crippen LogP contribution in [-0.4, -0.2) is 60.9 Å². The summed E-state index contributed by atoms with van der Waals surface area (Å²) in [6, 6.07) is 14.4. The molecule has 2 aromatic carbocycles. The van der Waals surface area contributed by atoms with Gasteiger partial charge >= 0.3 is 0 Å². The number of hydrogen-bond donors (Lipinski definition) is 4. The summed E-state index contributed by atoms with van der Waals surface area (Å²) in [6.45, 7) is 13.7. The number of aryl methyl sites for hydroxylation is 1. The lowest BCUT2D eigenvalue weighted by atomic mass is 9.95. The molecule has 0 unspecified atom stereocenters. The molecule has 0 atom stereocenters. The predicted molar refractivity (Wildman–Crippen MR) is 146 cm³/mol. The van der Waals surface area contributed by atoms with E-state index in [-0.39, 0.29) is 6.61 Å². The molecule has 0 fully saturated rings. The highest BCUT2D eigenvalue weighted by Gasteiger charge is 2.09. The Balaban J connectivity index is 0. The van der Waals surface area contributed by atoms with Crippen molar-refractivity contribution in [1.29, 1.82) is 0 Å². The van der Waals surface area contributed by atoms with Crippen LogP contribution in [-0.2, 0) is 11.2 Å². The number of aliphatic hydroxyl groups excluding tert-OH is 3. The predicted octanol–water partition coefficient (Wildman–Crippen LogP) is 4.49. The third-order valence-corrected chi connectivity index (χ3v) is 4.62. The first-order chi connectivity index (χ1) is 17.6. The Kier molecular flexibility index (Phi) is 24.1. The van der Waals surface area contributed by atoms with E-state index in [1.165, 1.54) is 5.56 Å². The first-order valence-electron chi connectivity index (χ1n) is 11.5. The lowest BCUT2D eigenvalue weighted by molar-refractivity contribution is -0.0980. The molecular weight excluding hydrogens is 460 g/mol. The Labute approximate surface area is 215 Å². The molecule has 0 aliphatic heterocycles. The van der Waals surface area contributed by atoms with Crippen LogP contribution < -0.4 is 9.47 Å². The fourth-order valence-corrected chi connectivity index (χ4v) is 2.97. The zero-order chi connectivity index (χ0) is 27.6. The quantitative estimate of drug-likeness (QED) is 0.171. The molecule has 2 rings (SSSR count). The second kappa shape index (κ2) is 24.9. The monoisotopic (exact) mass is 502 g/mol. The van der Waals surface area contributed by atoms with Crippen LogP contribution in [0, 0.1) is 0 Å². The van der Waals surface area contributed by atoms with Crippen molar-refractivity contribution in [3.63, 3.8) is 0 Å². The third kappa shape index (κ3) is 15.6. The maximum absolute atomic E-state index is 9.09. The van der Waals surface area contributed by atoms with Gasteiger partial charge in [0, 0.05) is 13.5 Å². The molecule has 36 heavy (non-hydrogen) atoms. The average Bonchev–Trinajstić information content (AvgIpc) is 2.92. The van der Waals surface area contributed by atoms with Gasteiger partial charge in [-0.2, -0.15) is 0 Å². The molecule has 0 radical (unpaired) electrons. The first kappa shape index (κ1) is 34.9. The molecule has 4 N–H and O–H groups in total. The number of carbonyl (C=O) groups is 1. The van der Waals surface area contributed by atoms with E-state index in [0.717, 1.165) is 61.0 Å². The highest BCUT2D eigenvalue weighted by molar-refractivity contribution is 5.70. The minimum Gasteiger partial charge on any atom is -0.493 e. The molecule has 0 aromatic heterocycles. The number of unbranched alkanes of at least 4 members (excludes halogenated alkanes) is 1. The van der Waals surface area contributed by atoms with Crippen LogP contribution in [0.5, 0.6) is 11.5 Å². The fourth-order valence-electron chi connectivity index (χ4n) is 2.97. The number of benzene rings is 2. The molecule has 0 aliphatic carbocycles. The number of ether oxygens (including phenoxy) is 2. The second-order valence-electron chi connectivity index (χ2n) is 7.10. The Bertz CT molecular complexity index is 849. The van der Waals surface area contributed by atoms with Gasteiger partial charge in [-0.05, 0) is 72.2 Å². The highest BCUT2D eigenvalue weighted by atomic mass is 16.5. The summed E-state index contributed by atoms with van der Waals surface area (Å²) < 4.78 is 11.7. The summed E-state index contributed by atoms with van der Waals surface area (Å²) in [6.07, 6.45) is 8.30. The van der Waals surface area contributed by atoms with E-state index in [9.17, 15) is 0 Å². The third-order valence-electron chi connectivity index (χ3n) is 4.62. The van der Waals surface area contributed by atoms with Gasteiger partial charge in [0.15, 0.2) is 0 Å². The summed E-state index contributed by atoms with van der Waals surface area (Å²) in [5.41, 5.74) is 4.32. The molecule has 0 bridgehead atoms. The fraction of sp³-hybridized carbons (Fsp3) is 0.345. The van der Waals surface area contributed by atoms with E-state index < -0.39 is 6.79 Å². The summed E-state index contributed by atoms with van der Waals surface area (Å²) in [7, 11) is 1.00. The molecule has 0 saturated heterocycles. The van der Waals surface area contributed by atoms with Crippen molar-refractivity contribution < 1.29 is 34.7 Å². The van der Waals surface area contributed by atoms with E-state index in [2.05, 4.69) is 44.0 Å². The van der Waals surface area contributed by atoms with Crippen LogP contribution in [0.25, 0.3) is 11.1 Å². The molecule has 7 nitrogen and oxygen atoms in total. The Morgan fingerprint density at radius 2 is 1.50 bits per heavy atom. The summed E-state index contributed by atoms with van der Waals surface area (Å²) in [5.74, 6) is 1.67. The van der Waals surface area contributed by atoms with Gasteiger partial charge in [0.1, 0.15) is 25.1 Å². The summed E-state index contributed by atoms with van der Waals surface area (Å²) >= 11 is 0. The van der Waals surface area contributed by atoms with Crippen LogP contribution >= 0.6 is 0 Å². The van der Waals surface area contributed by atoms with Gasteiger partial charge in [-0.15, -0.1) is 13.2 Å². The number of carbonyl (C=O) groups excluding carboxylic acids is 1. The number of rotatable bonds is 14. The van der Waals surface area contributed by atoms with E-state index in [4.69, 9.17) is 34.7 Å². The normalized spacial score (nSPS) is 9.14. The molecular formula is C29H42O7. The van der Waals surface area contributed by atoms with Crippen LogP contribution in [0.2, 0.25) is 0 Å². The van der Waals surface area contributed by atoms with Gasteiger partial charge in [-0.1, -0.05) is 36.9 Å². The van der Waals surface area contributed by atoms with E-state index in [0.29, 0.717) is 19.6 Å². The summed E-state index contributed by atoms with van der Waals surface area (Å²) in [5, 5.41) is 30.3. The standard InChI is InChI=1S/C26H32O3.CH4O2.CH4O.CH2O/c1-4-6-8-10-22-13-14-25(29-17-15-21(3)20-27)19-26(22)23-11-9-12-24(18-23)28-16-7-5-2;2-1-3;2*1-2/h4-5,9,11-14,18-19,27H,1-3,6-8,10,15-17,20H2;2-3H,1H2;2H,1H3;1H2. The minimum absolute atomic E-state index is 0.00447. The maximum Gasteiger partial charge on any atom is 0.140 e. The first-order valence-corrected chi connectivity index (χ1v) is 11.5. The number of allylic oxidation sites excluding steroid dienone is 1. The van der Waals surface area contributed by atoms with Crippen molar-refractivity contribution in [2.75, 3.05) is 33.7 Å². The van der Waals surface area contributed by atoms with Gasteiger partial charge in [-0.25, -0.2) is 0 Å². The van der Waals surface area contributed by atoms with Crippen molar-refractivity contribution in [2.45, 2.75) is 32.1 Å². The summed E-state index contributed by atoms with van der Waals surface area (Å²) in [4.78, 5) is 8.00. The van der Waals surface area contributed by atoms with Gasteiger partial charge < -0.3 is 34.7 Å². The van der Waals surface area contributed by atoms with E-state index in [1.54, 1.807) is 0 Å². The smallest absolute Gasteiger partial charge is 0.140 e. The van der Waals surface area contributed by atoms with Gasteiger partial charge in [0.2, 0.25) is 0 Å². The molecule has 0 spiro atoms. The van der Waals surface area contributed by atoms with Crippen LogP contribution in [0.15, 0.2) is 79.9 Å². The molecule has 0 aliphatic rings. The van der Waals surface area contributed by atoms with Crippen LogP contribution in [0.1, 0.15) is 31.2 Å². The zero-order valence-corrected chi connectivity index (χ0v) is 21.4. The van der Waals surface area contributed by atoms with Crippen LogP contribution in [0.4, 0.5) is 0 Å². The van der Waals surface area contributed by atoms with Crippen LogP contribution in [0.3, 0.4) is 0 Å². The largest absolute Gasteiger partial charge is 0.493 e.